The van der Waals surface area contributed by atoms with Crippen LogP contribution >= 0.6 is 0 Å². The van der Waals surface area contributed by atoms with Crippen LogP contribution in [0.2, 0.25) is 0 Å². The van der Waals surface area contributed by atoms with E-state index in [1.807, 2.05) is 19.1 Å². The van der Waals surface area contributed by atoms with Crippen molar-refractivity contribution in [2.75, 3.05) is 25.7 Å². The Labute approximate surface area is 236 Å². The molecular weight excluding hydrogens is 510 g/mol. The number of hydrogen-bond donors (Lipinski definition) is 1. The first-order valence-corrected chi connectivity index (χ1v) is 14.3. The first kappa shape index (κ1) is 27.5. The monoisotopic (exact) mass is 551 g/mol. The van der Waals surface area contributed by atoms with Crippen molar-refractivity contribution in [3.63, 3.8) is 0 Å². The van der Waals surface area contributed by atoms with Crippen LogP contribution in [0.4, 0.5) is 10.5 Å². The topological polar surface area (TPSA) is 94.5 Å². The summed E-state index contributed by atoms with van der Waals surface area (Å²) in [5.41, 5.74) is -1.12. The zero-order chi connectivity index (χ0) is 29.0. The number of ether oxygens (including phenoxy) is 4. The van der Waals surface area contributed by atoms with E-state index >= 15 is 0 Å². The van der Waals surface area contributed by atoms with Gasteiger partial charge in [-0.3, -0.25) is 9.69 Å². The summed E-state index contributed by atoms with van der Waals surface area (Å²) in [6.07, 6.45) is 2.08. The van der Waals surface area contributed by atoms with Crippen molar-refractivity contribution in [1.29, 1.82) is 0 Å². The van der Waals surface area contributed by atoms with Crippen molar-refractivity contribution in [3.05, 3.63) is 47.6 Å². The normalized spacial score (nSPS) is 40.3. The van der Waals surface area contributed by atoms with Crippen molar-refractivity contribution < 1.29 is 33.6 Å². The number of nitrogens with zero attached hydrogens (tertiary/aromatic N) is 1. The molecule has 4 aliphatic carbocycles. The Kier molecular flexibility index (Phi) is 5.95. The Morgan fingerprint density at radius 3 is 2.62 bits per heavy atom. The van der Waals surface area contributed by atoms with E-state index in [2.05, 4.69) is 20.8 Å². The smallest absolute Gasteiger partial charge is 0.414 e. The van der Waals surface area contributed by atoms with Crippen LogP contribution in [0.3, 0.4) is 0 Å². The number of methoxy groups -OCH3 is 1. The second-order valence-electron chi connectivity index (χ2n) is 13.5. The molecule has 3 fully saturated rings. The molecule has 1 spiro atoms. The van der Waals surface area contributed by atoms with Gasteiger partial charge in [-0.2, -0.15) is 0 Å². The molecule has 1 heterocycles. The summed E-state index contributed by atoms with van der Waals surface area (Å²) in [7, 11) is 3.18. The van der Waals surface area contributed by atoms with Crippen LogP contribution in [0, 0.1) is 34.5 Å². The van der Waals surface area contributed by atoms with Gasteiger partial charge in [0.1, 0.15) is 11.9 Å². The number of fused-ring (bicyclic) bond motifs is 5. The number of carbonyl (C=O) groups is 2. The first-order valence-electron chi connectivity index (χ1n) is 14.3. The summed E-state index contributed by atoms with van der Waals surface area (Å²) >= 11 is 0. The van der Waals surface area contributed by atoms with Gasteiger partial charge in [0.2, 0.25) is 0 Å². The lowest BCUT2D eigenvalue weighted by atomic mass is 9.59. The van der Waals surface area contributed by atoms with Gasteiger partial charge >= 0.3 is 6.09 Å². The summed E-state index contributed by atoms with van der Waals surface area (Å²) in [4.78, 5) is 29.8. The van der Waals surface area contributed by atoms with E-state index in [0.29, 0.717) is 22.9 Å². The maximum atomic E-state index is 14.8. The zero-order valence-corrected chi connectivity index (χ0v) is 24.7. The molecule has 5 aliphatic rings. The third-order valence-electron chi connectivity index (χ3n) is 10.6. The Balaban J connectivity index is 1.45. The number of anilines is 1. The Morgan fingerprint density at radius 1 is 1.20 bits per heavy atom. The van der Waals surface area contributed by atoms with Crippen molar-refractivity contribution in [2.24, 2.45) is 34.5 Å². The minimum atomic E-state index is -1.85. The number of benzene rings is 1. The van der Waals surface area contributed by atoms with Gasteiger partial charge in [-0.1, -0.05) is 39.0 Å². The number of allylic oxidation sites excluding steroid dienone is 1. The minimum absolute atomic E-state index is 0.0112. The van der Waals surface area contributed by atoms with Gasteiger partial charge < -0.3 is 24.1 Å². The number of amides is 1. The van der Waals surface area contributed by atoms with Gasteiger partial charge in [0.25, 0.3) is 0 Å². The molecule has 2 bridgehead atoms. The summed E-state index contributed by atoms with van der Waals surface area (Å²) < 4.78 is 24.0. The van der Waals surface area contributed by atoms with Crippen LogP contribution in [0.1, 0.15) is 48.0 Å². The Morgan fingerprint density at radius 2 is 1.93 bits per heavy atom. The number of hydrogen-bond acceptors (Lipinski definition) is 7. The number of rotatable bonds is 3. The fourth-order valence-electron chi connectivity index (χ4n) is 8.40. The molecule has 6 rings (SSSR count). The van der Waals surface area contributed by atoms with E-state index in [1.54, 1.807) is 52.3 Å². The lowest BCUT2D eigenvalue weighted by Gasteiger charge is -2.52. The molecule has 8 nitrogen and oxygen atoms in total. The minimum Gasteiger partial charge on any atom is -0.497 e. The van der Waals surface area contributed by atoms with Gasteiger partial charge in [0.05, 0.1) is 24.8 Å². The number of Topliss-reactive ketones (excluding diaryl/α,β-unsaturated/α-hetero) is 1. The van der Waals surface area contributed by atoms with Crippen LogP contribution in [0.5, 0.6) is 5.75 Å². The Hall–Kier alpha value is -2.68. The average molecular weight is 552 g/mol. The van der Waals surface area contributed by atoms with Crippen molar-refractivity contribution in [2.45, 2.75) is 71.6 Å². The number of carbonyl (C=O) groups excluding carboxylic acids is 2. The van der Waals surface area contributed by atoms with Crippen molar-refractivity contribution >= 4 is 17.6 Å². The molecule has 0 radical (unpaired) electrons. The number of ketones is 1. The molecule has 1 aromatic rings. The largest absolute Gasteiger partial charge is 0.497 e. The first-order chi connectivity index (χ1) is 18.7. The van der Waals surface area contributed by atoms with E-state index in [-0.39, 0.29) is 35.6 Å². The van der Waals surface area contributed by atoms with Gasteiger partial charge in [0.15, 0.2) is 23.3 Å². The van der Waals surface area contributed by atoms with Gasteiger partial charge in [0, 0.05) is 19.0 Å². The molecule has 1 aromatic carbocycles. The third kappa shape index (κ3) is 3.55. The van der Waals surface area contributed by atoms with E-state index in [4.69, 9.17) is 18.9 Å². The molecule has 1 N–H and O–H groups in total. The van der Waals surface area contributed by atoms with Crippen molar-refractivity contribution in [3.8, 4) is 5.75 Å². The predicted octanol–water partition coefficient (Wildman–Crippen LogP) is 4.90. The zero-order valence-electron chi connectivity index (χ0n) is 24.7. The van der Waals surface area contributed by atoms with Crippen LogP contribution in [-0.4, -0.2) is 61.3 Å². The molecule has 216 valence electrons. The highest BCUT2D eigenvalue weighted by molar-refractivity contribution is 5.96. The molecule has 2 saturated carbocycles. The average Bonchev–Trinajstić information content (AvgIpc) is 3.40. The molecule has 8 atom stereocenters. The van der Waals surface area contributed by atoms with E-state index in [9.17, 15) is 14.7 Å². The summed E-state index contributed by atoms with van der Waals surface area (Å²) in [5.74, 6) is -0.420. The van der Waals surface area contributed by atoms with E-state index in [1.165, 1.54) is 4.90 Å². The second-order valence-corrected chi connectivity index (χ2v) is 13.5. The fourth-order valence-corrected chi connectivity index (χ4v) is 8.40. The fraction of sp³-hybridized carbons (Fsp3) is 0.625. The highest BCUT2D eigenvalue weighted by Crippen LogP contribution is 2.72. The summed E-state index contributed by atoms with van der Waals surface area (Å²) in [5, 5.41) is 13.1. The number of aliphatic hydroxyl groups is 1. The van der Waals surface area contributed by atoms with Gasteiger partial charge in [-0.25, -0.2) is 4.79 Å². The maximum Gasteiger partial charge on any atom is 0.414 e. The van der Waals surface area contributed by atoms with E-state index in [0.717, 1.165) is 12.0 Å². The van der Waals surface area contributed by atoms with Crippen molar-refractivity contribution in [1.82, 2.24) is 0 Å². The molecule has 1 saturated heterocycles. The second kappa shape index (κ2) is 8.66. The summed E-state index contributed by atoms with van der Waals surface area (Å²) in [6.45, 7) is 12.2. The molecule has 2 unspecified atom stereocenters. The van der Waals surface area contributed by atoms with Crippen LogP contribution in [0.25, 0.3) is 0 Å². The molecule has 40 heavy (non-hydrogen) atoms. The molecule has 1 amide bonds. The highest BCUT2D eigenvalue weighted by atomic mass is 16.7. The maximum absolute atomic E-state index is 14.8. The predicted molar refractivity (Wildman–Crippen MR) is 149 cm³/mol. The third-order valence-corrected chi connectivity index (χ3v) is 10.6. The van der Waals surface area contributed by atoms with Gasteiger partial charge in [-0.15, -0.1) is 0 Å². The Bertz CT molecular complexity index is 1330. The lowest BCUT2D eigenvalue weighted by molar-refractivity contribution is -0.302. The van der Waals surface area contributed by atoms with Gasteiger partial charge in [-0.05, 0) is 73.6 Å². The lowest BCUT2D eigenvalue weighted by Crippen LogP contribution is -2.68. The molecule has 8 heteroatoms. The van der Waals surface area contributed by atoms with Crippen LogP contribution in [-0.2, 0) is 19.0 Å². The molecule has 0 aromatic heterocycles. The van der Waals surface area contributed by atoms with E-state index < -0.39 is 35.1 Å². The van der Waals surface area contributed by atoms with Crippen LogP contribution in [0.15, 0.2) is 47.6 Å². The van der Waals surface area contributed by atoms with Crippen LogP contribution < -0.4 is 9.64 Å². The molecule has 1 aliphatic heterocycles. The quantitative estimate of drug-likeness (QED) is 0.534. The highest BCUT2D eigenvalue weighted by Gasteiger charge is 2.77. The SMILES string of the molecule is COc1cccc(N(C)C(=O)O[C@H]2C(C)=CC34C(=O)[C@@H](C=C5COC(C)(C)O[C@H]5[C@]23O)[C@H]2[C@@H](CC4C)C2(C)C)c1. The molecular formula is C32H41NO7. The summed E-state index contributed by atoms with van der Waals surface area (Å²) in [6, 6.07) is 7.11. The standard InChI is InChI=1S/C32H41NO7/c1-17-15-31-18(2)12-23-24(29(23,3)4)22(25(31)34)13-19-16-38-30(5,6)40-27(19)32(31,36)26(17)39-28(35)33(7)20-10-9-11-21(14-20)37-8/h9-11,13-15,18,22-24,26-27,36H,12,16H2,1-8H3/t18?,22-,23+,24-,26-,27+,31?,32+/m0/s1.